The SMILES string of the molecule is CNc1cc(C)nc(Cn2[nH]c(=O)c(C)c(C)c2=O)n1. The van der Waals surface area contributed by atoms with Gasteiger partial charge in [-0.3, -0.25) is 14.7 Å². The van der Waals surface area contributed by atoms with E-state index in [0.717, 1.165) is 5.69 Å². The molecule has 0 unspecified atom stereocenters. The second-order valence-corrected chi connectivity index (χ2v) is 4.64. The van der Waals surface area contributed by atoms with Gasteiger partial charge in [0.15, 0.2) is 5.82 Å². The number of rotatable bonds is 3. The molecular formula is C13H17N5O2. The van der Waals surface area contributed by atoms with Crippen molar-refractivity contribution in [3.05, 3.63) is 49.4 Å². The fourth-order valence-corrected chi connectivity index (χ4v) is 1.87. The second kappa shape index (κ2) is 5.28. The number of aryl methyl sites for hydroxylation is 1. The van der Waals surface area contributed by atoms with Crippen LogP contribution in [-0.4, -0.2) is 26.8 Å². The number of H-pyrrole nitrogens is 1. The molecule has 0 saturated heterocycles. The van der Waals surface area contributed by atoms with E-state index in [1.54, 1.807) is 27.0 Å². The maximum Gasteiger partial charge on any atom is 0.268 e. The number of aromatic amines is 1. The molecule has 7 nitrogen and oxygen atoms in total. The van der Waals surface area contributed by atoms with E-state index in [2.05, 4.69) is 20.4 Å². The Morgan fingerprint density at radius 2 is 1.90 bits per heavy atom. The minimum absolute atomic E-state index is 0.131. The van der Waals surface area contributed by atoms with Crippen molar-refractivity contribution in [2.75, 3.05) is 12.4 Å². The molecule has 0 fully saturated rings. The van der Waals surface area contributed by atoms with Gasteiger partial charge in [-0.1, -0.05) is 0 Å². The average molecular weight is 275 g/mol. The van der Waals surface area contributed by atoms with E-state index in [9.17, 15) is 9.59 Å². The molecule has 0 aliphatic carbocycles. The quantitative estimate of drug-likeness (QED) is 0.842. The van der Waals surface area contributed by atoms with Gasteiger partial charge < -0.3 is 5.32 Å². The highest BCUT2D eigenvalue weighted by atomic mass is 16.2. The molecule has 0 aromatic carbocycles. The summed E-state index contributed by atoms with van der Waals surface area (Å²) < 4.78 is 1.23. The van der Waals surface area contributed by atoms with Gasteiger partial charge in [0.1, 0.15) is 12.4 Å². The Balaban J connectivity index is 2.48. The third kappa shape index (κ3) is 2.61. The highest BCUT2D eigenvalue weighted by Crippen LogP contribution is 2.05. The van der Waals surface area contributed by atoms with Gasteiger partial charge in [-0.15, -0.1) is 0 Å². The molecule has 106 valence electrons. The summed E-state index contributed by atoms with van der Waals surface area (Å²) in [6, 6.07) is 1.80. The summed E-state index contributed by atoms with van der Waals surface area (Å²) in [7, 11) is 1.76. The lowest BCUT2D eigenvalue weighted by atomic mass is 10.2. The summed E-state index contributed by atoms with van der Waals surface area (Å²) in [5.41, 5.74) is 1.16. The van der Waals surface area contributed by atoms with Crippen LogP contribution in [0.15, 0.2) is 15.7 Å². The molecule has 20 heavy (non-hydrogen) atoms. The molecule has 0 aliphatic heterocycles. The van der Waals surface area contributed by atoms with Crippen LogP contribution >= 0.6 is 0 Å². The number of hydrogen-bond donors (Lipinski definition) is 2. The van der Waals surface area contributed by atoms with Gasteiger partial charge in [0, 0.05) is 29.9 Å². The van der Waals surface area contributed by atoms with Crippen LogP contribution in [0.25, 0.3) is 0 Å². The first kappa shape index (κ1) is 14.0. The lowest BCUT2D eigenvalue weighted by molar-refractivity contribution is 0.595. The Hall–Kier alpha value is -2.44. The first-order chi connectivity index (χ1) is 9.42. The van der Waals surface area contributed by atoms with Gasteiger partial charge >= 0.3 is 0 Å². The van der Waals surface area contributed by atoms with E-state index in [4.69, 9.17) is 0 Å². The molecule has 2 N–H and O–H groups in total. The van der Waals surface area contributed by atoms with E-state index in [1.165, 1.54) is 4.68 Å². The van der Waals surface area contributed by atoms with Gasteiger partial charge in [-0.2, -0.15) is 0 Å². The largest absolute Gasteiger partial charge is 0.373 e. The zero-order chi connectivity index (χ0) is 14.9. The van der Waals surface area contributed by atoms with Crippen molar-refractivity contribution in [2.24, 2.45) is 0 Å². The van der Waals surface area contributed by atoms with Crippen LogP contribution in [0.5, 0.6) is 0 Å². The maximum absolute atomic E-state index is 12.1. The zero-order valence-corrected chi connectivity index (χ0v) is 11.9. The number of nitrogens with zero attached hydrogens (tertiary/aromatic N) is 3. The molecule has 0 atom stereocenters. The van der Waals surface area contributed by atoms with Crippen molar-refractivity contribution < 1.29 is 0 Å². The summed E-state index contributed by atoms with van der Waals surface area (Å²) in [6.07, 6.45) is 0. The van der Waals surface area contributed by atoms with E-state index < -0.39 is 0 Å². The van der Waals surface area contributed by atoms with Crippen LogP contribution in [0.4, 0.5) is 5.82 Å². The van der Waals surface area contributed by atoms with Crippen molar-refractivity contribution in [2.45, 2.75) is 27.3 Å². The monoisotopic (exact) mass is 275 g/mol. The minimum Gasteiger partial charge on any atom is -0.373 e. The first-order valence-electron chi connectivity index (χ1n) is 6.25. The summed E-state index contributed by atoms with van der Waals surface area (Å²) >= 11 is 0. The van der Waals surface area contributed by atoms with Gasteiger partial charge in [0.25, 0.3) is 11.1 Å². The lowest BCUT2D eigenvalue weighted by Gasteiger charge is -2.09. The van der Waals surface area contributed by atoms with Gasteiger partial charge in [0.2, 0.25) is 0 Å². The Morgan fingerprint density at radius 1 is 1.20 bits per heavy atom. The lowest BCUT2D eigenvalue weighted by Crippen LogP contribution is -2.34. The zero-order valence-electron chi connectivity index (χ0n) is 11.9. The topological polar surface area (TPSA) is 92.7 Å². The standard InChI is InChI=1S/C13H17N5O2/c1-7-5-10(14-4)16-11(15-7)6-18-13(20)9(3)8(2)12(19)17-18/h5H,6H2,1-4H3,(H,17,19)(H,14,15,16). The van der Waals surface area contributed by atoms with Gasteiger partial charge in [-0.05, 0) is 20.8 Å². The molecule has 2 aromatic rings. The molecule has 0 bridgehead atoms. The maximum atomic E-state index is 12.1. The first-order valence-corrected chi connectivity index (χ1v) is 6.25. The van der Waals surface area contributed by atoms with Crippen molar-refractivity contribution >= 4 is 5.82 Å². The van der Waals surface area contributed by atoms with E-state index in [0.29, 0.717) is 22.8 Å². The minimum atomic E-state index is -0.274. The molecule has 2 rings (SSSR count). The molecule has 0 spiro atoms. The number of nitrogens with one attached hydrogen (secondary N) is 2. The Kier molecular flexibility index (Phi) is 3.69. The van der Waals surface area contributed by atoms with Crippen LogP contribution < -0.4 is 16.4 Å². The van der Waals surface area contributed by atoms with Crippen molar-refractivity contribution in [1.82, 2.24) is 19.7 Å². The number of anilines is 1. The van der Waals surface area contributed by atoms with Crippen LogP contribution in [0.3, 0.4) is 0 Å². The van der Waals surface area contributed by atoms with Crippen molar-refractivity contribution in [3.63, 3.8) is 0 Å². The fourth-order valence-electron chi connectivity index (χ4n) is 1.87. The number of hydrogen-bond acceptors (Lipinski definition) is 5. The molecule has 0 aliphatic rings. The van der Waals surface area contributed by atoms with Gasteiger partial charge in [0.05, 0.1) is 0 Å². The van der Waals surface area contributed by atoms with Crippen LogP contribution in [0.2, 0.25) is 0 Å². The molecule has 0 saturated carbocycles. The Labute approximate surface area is 115 Å². The molecule has 7 heteroatoms. The van der Waals surface area contributed by atoms with E-state index in [1.807, 2.05) is 6.92 Å². The summed E-state index contributed by atoms with van der Waals surface area (Å²) in [4.78, 5) is 32.4. The summed E-state index contributed by atoms with van der Waals surface area (Å²) in [5.74, 6) is 1.14. The average Bonchev–Trinajstić information content (AvgIpc) is 2.41. The van der Waals surface area contributed by atoms with Crippen molar-refractivity contribution in [3.8, 4) is 0 Å². The van der Waals surface area contributed by atoms with E-state index in [-0.39, 0.29) is 17.7 Å². The highest BCUT2D eigenvalue weighted by Gasteiger charge is 2.09. The fraction of sp³-hybridized carbons (Fsp3) is 0.385. The van der Waals surface area contributed by atoms with Crippen LogP contribution in [-0.2, 0) is 6.54 Å². The normalized spacial score (nSPS) is 10.6. The summed E-state index contributed by atoms with van der Waals surface area (Å²) in [6.45, 7) is 5.24. The predicted octanol–water partition coefficient (Wildman–Crippen LogP) is 0.342. The van der Waals surface area contributed by atoms with E-state index >= 15 is 0 Å². The van der Waals surface area contributed by atoms with Crippen LogP contribution in [0.1, 0.15) is 22.6 Å². The predicted molar refractivity (Wildman–Crippen MR) is 76.2 cm³/mol. The van der Waals surface area contributed by atoms with Gasteiger partial charge in [-0.25, -0.2) is 14.6 Å². The Bertz CT molecular complexity index is 760. The van der Waals surface area contributed by atoms with Crippen LogP contribution in [0, 0.1) is 20.8 Å². The molecule has 2 heterocycles. The third-order valence-corrected chi connectivity index (χ3v) is 3.16. The smallest absolute Gasteiger partial charge is 0.268 e. The third-order valence-electron chi connectivity index (χ3n) is 3.16. The molecule has 2 aromatic heterocycles. The second-order valence-electron chi connectivity index (χ2n) is 4.64. The number of aromatic nitrogens is 4. The molecule has 0 radical (unpaired) electrons. The highest BCUT2D eigenvalue weighted by molar-refractivity contribution is 5.34. The molecule has 0 amide bonds. The molecular weight excluding hydrogens is 258 g/mol. The summed E-state index contributed by atoms with van der Waals surface area (Å²) in [5, 5.41) is 5.47. The Morgan fingerprint density at radius 3 is 2.55 bits per heavy atom. The van der Waals surface area contributed by atoms with Crippen molar-refractivity contribution in [1.29, 1.82) is 0 Å².